The second-order valence-corrected chi connectivity index (χ2v) is 9.80. The van der Waals surface area contributed by atoms with Gasteiger partial charge in [0.05, 0.1) is 30.0 Å². The van der Waals surface area contributed by atoms with Crippen molar-refractivity contribution in [1.82, 2.24) is 14.8 Å². The number of rotatable bonds is 3. The number of hydrogen-bond donors (Lipinski definition) is 1. The molecule has 31 heavy (non-hydrogen) atoms. The first kappa shape index (κ1) is 19.3. The minimum atomic E-state index is 0.728. The Hall–Kier alpha value is -2.43. The van der Waals surface area contributed by atoms with E-state index in [1.165, 1.54) is 60.0 Å². The summed E-state index contributed by atoms with van der Waals surface area (Å²) >= 11 is 0. The Morgan fingerprint density at radius 1 is 1.06 bits per heavy atom. The van der Waals surface area contributed by atoms with Gasteiger partial charge < -0.3 is 10.2 Å². The minimum Gasteiger partial charge on any atom is -0.366 e. The maximum absolute atomic E-state index is 4.69. The fourth-order valence-corrected chi connectivity index (χ4v) is 6.52. The standard InChI is InChI=1S/C27H33N4/c1-20-5-4-14-31(20,26-10-12-28-18-26)25-9-8-23-19-30(13-11-21(23)16-25)24-15-22-6-2-3-7-27(22)29-17-24/h2-3,6-9,15-17,20,26,28H,4-5,10-14,18-19H2,1H3/q+1/t20-,26-,31?/m0/s1. The number of anilines is 1. The minimum absolute atomic E-state index is 0.728. The van der Waals surface area contributed by atoms with Crippen LogP contribution < -0.4 is 14.7 Å². The Bertz CT molecular complexity index is 1100. The topological polar surface area (TPSA) is 28.2 Å². The lowest BCUT2D eigenvalue weighted by Gasteiger charge is -2.44. The summed E-state index contributed by atoms with van der Waals surface area (Å²) < 4.78 is 1.21. The third-order valence-electron chi connectivity index (χ3n) is 8.25. The number of likely N-dealkylation sites (tertiary alicyclic amines) is 1. The summed E-state index contributed by atoms with van der Waals surface area (Å²) in [4.78, 5) is 7.18. The van der Waals surface area contributed by atoms with Crippen molar-refractivity contribution >= 4 is 22.3 Å². The van der Waals surface area contributed by atoms with Crippen molar-refractivity contribution in [3.63, 3.8) is 0 Å². The van der Waals surface area contributed by atoms with E-state index in [-0.39, 0.29) is 0 Å². The Kier molecular flexibility index (Phi) is 4.73. The van der Waals surface area contributed by atoms with Crippen LogP contribution in [0.5, 0.6) is 0 Å². The Labute approximate surface area is 185 Å². The van der Waals surface area contributed by atoms with Gasteiger partial charge in [-0.25, -0.2) is 0 Å². The number of para-hydroxylation sites is 1. The van der Waals surface area contributed by atoms with Gasteiger partial charge in [-0.3, -0.25) is 9.47 Å². The average Bonchev–Trinajstić information content (AvgIpc) is 3.48. The molecular formula is C27H33N4+. The van der Waals surface area contributed by atoms with Crippen LogP contribution in [-0.4, -0.2) is 43.2 Å². The molecule has 0 radical (unpaired) electrons. The number of quaternary nitrogens is 1. The number of nitrogens with zero attached hydrogens (tertiary/aromatic N) is 3. The summed E-state index contributed by atoms with van der Waals surface area (Å²) in [6.45, 7) is 8.19. The lowest BCUT2D eigenvalue weighted by atomic mass is 9.96. The number of aromatic nitrogens is 1. The summed E-state index contributed by atoms with van der Waals surface area (Å²) in [5.74, 6) is 0. The van der Waals surface area contributed by atoms with Gasteiger partial charge in [-0.15, -0.1) is 0 Å². The highest BCUT2D eigenvalue weighted by atomic mass is 15.4. The normalized spacial score (nSPS) is 28.2. The molecule has 6 rings (SSSR count). The van der Waals surface area contributed by atoms with Crippen molar-refractivity contribution in [2.45, 2.75) is 51.2 Å². The van der Waals surface area contributed by atoms with Gasteiger partial charge in [0.2, 0.25) is 0 Å². The Morgan fingerprint density at radius 2 is 2.00 bits per heavy atom. The zero-order valence-electron chi connectivity index (χ0n) is 18.6. The van der Waals surface area contributed by atoms with Crippen LogP contribution in [0.2, 0.25) is 0 Å². The summed E-state index contributed by atoms with van der Waals surface area (Å²) in [6, 6.07) is 19.6. The second kappa shape index (κ2) is 7.61. The number of hydrogen-bond acceptors (Lipinski definition) is 3. The molecule has 4 nitrogen and oxygen atoms in total. The third kappa shape index (κ3) is 3.16. The second-order valence-electron chi connectivity index (χ2n) is 9.80. The zero-order chi connectivity index (χ0) is 20.8. The molecule has 2 saturated heterocycles. The molecule has 3 aliphatic rings. The largest absolute Gasteiger partial charge is 0.366 e. The van der Waals surface area contributed by atoms with Crippen molar-refractivity contribution in [3.8, 4) is 0 Å². The van der Waals surface area contributed by atoms with Crippen LogP contribution in [0.3, 0.4) is 0 Å². The highest BCUT2D eigenvalue weighted by Crippen LogP contribution is 2.40. The summed E-state index contributed by atoms with van der Waals surface area (Å²) in [5.41, 5.74) is 6.92. The van der Waals surface area contributed by atoms with E-state index in [1.54, 1.807) is 11.3 Å². The summed E-state index contributed by atoms with van der Waals surface area (Å²) in [7, 11) is 0. The van der Waals surface area contributed by atoms with E-state index >= 15 is 0 Å². The predicted octanol–water partition coefficient (Wildman–Crippen LogP) is 4.65. The van der Waals surface area contributed by atoms with Crippen molar-refractivity contribution in [3.05, 3.63) is 65.9 Å². The first-order valence-electron chi connectivity index (χ1n) is 12.0. The van der Waals surface area contributed by atoms with Crippen LogP contribution in [0.25, 0.3) is 10.9 Å². The molecule has 0 aliphatic carbocycles. The molecule has 0 spiro atoms. The van der Waals surface area contributed by atoms with Crippen LogP contribution in [0, 0.1) is 0 Å². The van der Waals surface area contributed by atoms with Gasteiger partial charge in [0, 0.05) is 56.9 Å². The van der Waals surface area contributed by atoms with Gasteiger partial charge in [0.15, 0.2) is 0 Å². The maximum atomic E-state index is 4.69. The van der Waals surface area contributed by atoms with Crippen molar-refractivity contribution in [2.75, 3.05) is 31.1 Å². The monoisotopic (exact) mass is 413 g/mol. The zero-order valence-corrected chi connectivity index (χ0v) is 18.6. The fraction of sp³-hybridized carbons (Fsp3) is 0.444. The van der Waals surface area contributed by atoms with Crippen molar-refractivity contribution in [1.29, 1.82) is 0 Å². The summed E-state index contributed by atoms with van der Waals surface area (Å²) in [6.07, 6.45) is 7.19. The molecule has 1 unspecified atom stereocenters. The molecule has 0 amide bonds. The van der Waals surface area contributed by atoms with Gasteiger partial charge in [0.1, 0.15) is 11.7 Å². The van der Waals surface area contributed by atoms with Crippen molar-refractivity contribution < 1.29 is 0 Å². The molecule has 160 valence electrons. The van der Waals surface area contributed by atoms with Gasteiger partial charge >= 0.3 is 0 Å². The first-order chi connectivity index (χ1) is 15.2. The molecule has 0 bridgehead atoms. The van der Waals surface area contributed by atoms with Crippen LogP contribution in [-0.2, 0) is 13.0 Å². The van der Waals surface area contributed by atoms with E-state index in [0.29, 0.717) is 0 Å². The lowest BCUT2D eigenvalue weighted by Crippen LogP contribution is -2.59. The van der Waals surface area contributed by atoms with Crippen LogP contribution in [0.4, 0.5) is 11.4 Å². The molecule has 1 N–H and O–H groups in total. The molecule has 2 fully saturated rings. The van der Waals surface area contributed by atoms with Gasteiger partial charge in [-0.2, -0.15) is 0 Å². The molecule has 1 aromatic heterocycles. The van der Waals surface area contributed by atoms with Crippen LogP contribution in [0.1, 0.15) is 37.3 Å². The van der Waals surface area contributed by atoms with E-state index in [0.717, 1.165) is 37.1 Å². The number of fused-ring (bicyclic) bond motifs is 2. The summed E-state index contributed by atoms with van der Waals surface area (Å²) in [5, 5.41) is 4.86. The Morgan fingerprint density at radius 3 is 2.84 bits per heavy atom. The van der Waals surface area contributed by atoms with E-state index < -0.39 is 0 Å². The number of nitrogens with one attached hydrogen (secondary N) is 1. The smallest absolute Gasteiger partial charge is 0.133 e. The maximum Gasteiger partial charge on any atom is 0.133 e. The van der Waals surface area contributed by atoms with Gasteiger partial charge in [0.25, 0.3) is 0 Å². The van der Waals surface area contributed by atoms with E-state index in [4.69, 9.17) is 4.98 Å². The van der Waals surface area contributed by atoms with Gasteiger partial charge in [-0.1, -0.05) is 24.3 Å². The van der Waals surface area contributed by atoms with E-state index in [9.17, 15) is 0 Å². The van der Waals surface area contributed by atoms with Gasteiger partial charge in [-0.05, 0) is 42.7 Å². The number of pyridine rings is 1. The van der Waals surface area contributed by atoms with Crippen LogP contribution >= 0.6 is 0 Å². The SMILES string of the molecule is C[C@H]1CCC[N+]1(c1ccc2c(c1)CCN(c1cnc3ccccc3c1)C2)[C@H]1CCNC1. The lowest BCUT2D eigenvalue weighted by molar-refractivity contribution is 0.203. The molecule has 3 aromatic rings. The van der Waals surface area contributed by atoms with Crippen LogP contribution in [0.15, 0.2) is 54.7 Å². The first-order valence-corrected chi connectivity index (χ1v) is 12.0. The highest BCUT2D eigenvalue weighted by Gasteiger charge is 2.48. The molecule has 3 atom stereocenters. The fourth-order valence-electron chi connectivity index (χ4n) is 6.52. The molecule has 4 heteroatoms. The molecule has 4 heterocycles. The molecule has 3 aliphatic heterocycles. The quantitative estimate of drug-likeness (QED) is 0.634. The predicted molar refractivity (Wildman–Crippen MR) is 130 cm³/mol. The highest BCUT2D eigenvalue weighted by molar-refractivity contribution is 5.81. The molecule has 2 aromatic carbocycles. The Balaban J connectivity index is 1.30. The number of benzene rings is 2. The third-order valence-corrected chi connectivity index (χ3v) is 8.25. The average molecular weight is 414 g/mol. The van der Waals surface area contributed by atoms with Crippen molar-refractivity contribution in [2.24, 2.45) is 0 Å². The molecule has 0 saturated carbocycles. The van der Waals surface area contributed by atoms with E-state index in [2.05, 4.69) is 65.7 Å². The van der Waals surface area contributed by atoms with E-state index in [1.807, 2.05) is 6.20 Å². The molecular weight excluding hydrogens is 380 g/mol.